The molecule has 150 valence electrons. The van der Waals surface area contributed by atoms with Crippen LogP contribution in [0.2, 0.25) is 0 Å². The van der Waals surface area contributed by atoms with Gasteiger partial charge in [0.15, 0.2) is 0 Å². The molecule has 0 spiro atoms. The maximum atomic E-state index is 12.9. The number of para-hydroxylation sites is 2. The number of hydrogen-bond acceptors (Lipinski definition) is 6. The summed E-state index contributed by atoms with van der Waals surface area (Å²) in [7, 11) is -0.717. The number of nitrogens with zero attached hydrogens (tertiary/aromatic N) is 2. The van der Waals surface area contributed by atoms with Gasteiger partial charge in [0.05, 0.1) is 24.8 Å². The Morgan fingerprint density at radius 1 is 0.964 bits per heavy atom. The van der Waals surface area contributed by atoms with Gasteiger partial charge < -0.3 is 14.4 Å². The fraction of sp³-hybridized carbons (Fsp3) is 0.316. The second-order valence-corrected chi connectivity index (χ2v) is 8.14. The van der Waals surface area contributed by atoms with Crippen molar-refractivity contribution >= 4 is 27.5 Å². The summed E-state index contributed by atoms with van der Waals surface area (Å²) in [4.78, 5) is 13.5. The van der Waals surface area contributed by atoms with Crippen molar-refractivity contribution in [2.45, 2.75) is 4.90 Å². The van der Waals surface area contributed by atoms with E-state index in [4.69, 9.17) is 4.74 Å². The van der Waals surface area contributed by atoms with E-state index in [9.17, 15) is 13.2 Å². The molecule has 2 aromatic rings. The van der Waals surface area contributed by atoms with Crippen LogP contribution in [0.5, 0.6) is 5.75 Å². The van der Waals surface area contributed by atoms with Crippen molar-refractivity contribution in [3.8, 4) is 5.75 Å². The fourth-order valence-electron chi connectivity index (χ4n) is 3.09. The summed E-state index contributed by atoms with van der Waals surface area (Å²) in [6, 6.07) is 13.7. The van der Waals surface area contributed by atoms with Gasteiger partial charge in [-0.3, -0.25) is 5.32 Å². The van der Waals surface area contributed by atoms with E-state index >= 15 is 0 Å². The van der Waals surface area contributed by atoms with Crippen molar-refractivity contribution < 1.29 is 22.7 Å². The average Bonchev–Trinajstić information content (AvgIpc) is 2.74. The van der Waals surface area contributed by atoms with Gasteiger partial charge in [0.25, 0.3) is 0 Å². The maximum absolute atomic E-state index is 12.9. The highest BCUT2D eigenvalue weighted by atomic mass is 32.2. The van der Waals surface area contributed by atoms with E-state index in [2.05, 4.69) is 15.0 Å². The smallest absolute Gasteiger partial charge is 0.411 e. The highest BCUT2D eigenvalue weighted by molar-refractivity contribution is 7.89. The number of carbonyl (C=O) groups is 1. The molecule has 1 amide bonds. The zero-order valence-corrected chi connectivity index (χ0v) is 16.6. The molecule has 1 aliphatic heterocycles. The number of hydrogen-bond donors (Lipinski definition) is 1. The van der Waals surface area contributed by atoms with E-state index in [-0.39, 0.29) is 4.90 Å². The lowest BCUT2D eigenvalue weighted by Crippen LogP contribution is -2.48. The highest BCUT2D eigenvalue weighted by Gasteiger charge is 2.29. The summed E-state index contributed by atoms with van der Waals surface area (Å²) in [6.45, 7) is 1.90. The van der Waals surface area contributed by atoms with Gasteiger partial charge in [0.2, 0.25) is 10.0 Å². The Labute approximate surface area is 164 Å². The molecule has 0 aliphatic carbocycles. The Morgan fingerprint density at radius 3 is 2.21 bits per heavy atom. The molecule has 0 bridgehead atoms. The molecule has 1 heterocycles. The van der Waals surface area contributed by atoms with Crippen molar-refractivity contribution in [2.75, 3.05) is 50.6 Å². The van der Waals surface area contributed by atoms with Crippen LogP contribution in [-0.4, -0.2) is 59.2 Å². The molecule has 1 N–H and O–H groups in total. The van der Waals surface area contributed by atoms with Crippen LogP contribution in [0.4, 0.5) is 16.2 Å². The summed E-state index contributed by atoms with van der Waals surface area (Å²) in [5, 5.41) is 2.50. The van der Waals surface area contributed by atoms with Crippen LogP contribution in [0.15, 0.2) is 53.4 Å². The zero-order chi connectivity index (χ0) is 20.1. The molecule has 2 aromatic carbocycles. The van der Waals surface area contributed by atoms with Crippen LogP contribution in [-0.2, 0) is 14.8 Å². The number of methoxy groups -OCH3 is 2. The van der Waals surface area contributed by atoms with Gasteiger partial charge in [0, 0.05) is 31.9 Å². The average molecular weight is 405 g/mol. The summed E-state index contributed by atoms with van der Waals surface area (Å²) >= 11 is 0. The minimum atomic E-state index is -3.60. The molecule has 0 atom stereocenters. The van der Waals surface area contributed by atoms with E-state index < -0.39 is 16.1 Å². The minimum Gasteiger partial charge on any atom is -0.495 e. The van der Waals surface area contributed by atoms with Crippen LogP contribution >= 0.6 is 0 Å². The first-order valence-corrected chi connectivity index (χ1v) is 10.2. The highest BCUT2D eigenvalue weighted by Crippen LogP contribution is 2.29. The number of nitrogens with one attached hydrogen (secondary N) is 1. The van der Waals surface area contributed by atoms with Crippen molar-refractivity contribution in [1.82, 2.24) is 4.31 Å². The molecule has 0 aromatic heterocycles. The van der Waals surface area contributed by atoms with Crippen LogP contribution in [0.3, 0.4) is 0 Å². The predicted molar refractivity (Wildman–Crippen MR) is 106 cm³/mol. The predicted octanol–water partition coefficient (Wildman–Crippen LogP) is 2.38. The Balaban J connectivity index is 1.68. The molecule has 8 nitrogen and oxygen atoms in total. The topological polar surface area (TPSA) is 88.2 Å². The molecule has 0 unspecified atom stereocenters. The molecular formula is C19H23N3O5S. The minimum absolute atomic E-state index is 0.189. The van der Waals surface area contributed by atoms with E-state index in [1.807, 2.05) is 24.3 Å². The van der Waals surface area contributed by atoms with E-state index in [0.29, 0.717) is 31.9 Å². The number of carbonyl (C=O) groups excluding carboxylic acids is 1. The Bertz CT molecular complexity index is 923. The molecule has 9 heteroatoms. The molecule has 3 rings (SSSR count). The lowest BCUT2D eigenvalue weighted by atomic mass is 10.2. The fourth-order valence-corrected chi connectivity index (χ4v) is 4.51. The standard InChI is InChI=1S/C19H23N3O5S/c1-26-18-6-4-3-5-17(18)21-11-13-22(14-12-21)28(24,25)16-9-7-15(8-10-16)20-19(23)27-2/h3-10H,11-14H2,1-2H3,(H,20,23). The van der Waals surface area contributed by atoms with Crippen molar-refractivity contribution in [1.29, 1.82) is 0 Å². The van der Waals surface area contributed by atoms with Crippen molar-refractivity contribution in [3.05, 3.63) is 48.5 Å². The summed E-state index contributed by atoms with van der Waals surface area (Å²) in [5.74, 6) is 0.771. The first kappa shape index (κ1) is 20.0. The SMILES string of the molecule is COC(=O)Nc1ccc(S(=O)(=O)N2CCN(c3ccccc3OC)CC2)cc1. The lowest BCUT2D eigenvalue weighted by molar-refractivity contribution is 0.187. The van der Waals surface area contributed by atoms with Gasteiger partial charge in [-0.25, -0.2) is 13.2 Å². The number of piperazine rings is 1. The molecule has 1 saturated heterocycles. The Morgan fingerprint density at radius 2 is 1.61 bits per heavy atom. The maximum Gasteiger partial charge on any atom is 0.411 e. The lowest BCUT2D eigenvalue weighted by Gasteiger charge is -2.35. The third-order valence-corrected chi connectivity index (χ3v) is 6.50. The van der Waals surface area contributed by atoms with E-state index in [0.717, 1.165) is 11.4 Å². The molecule has 28 heavy (non-hydrogen) atoms. The third kappa shape index (κ3) is 4.20. The summed E-state index contributed by atoms with van der Waals surface area (Å²) < 4.78 is 37.2. The molecule has 0 radical (unpaired) electrons. The number of anilines is 2. The van der Waals surface area contributed by atoms with Gasteiger partial charge in [-0.2, -0.15) is 4.31 Å². The van der Waals surface area contributed by atoms with Crippen molar-refractivity contribution in [2.24, 2.45) is 0 Å². The quantitative estimate of drug-likeness (QED) is 0.822. The number of benzene rings is 2. The van der Waals surface area contributed by atoms with Gasteiger partial charge in [-0.15, -0.1) is 0 Å². The second kappa shape index (κ2) is 8.49. The van der Waals surface area contributed by atoms with Gasteiger partial charge in [-0.1, -0.05) is 12.1 Å². The monoisotopic (exact) mass is 405 g/mol. The Hall–Kier alpha value is -2.78. The van der Waals surface area contributed by atoms with Gasteiger partial charge in [0.1, 0.15) is 5.75 Å². The molecule has 1 fully saturated rings. The first-order valence-electron chi connectivity index (χ1n) is 8.79. The van der Waals surface area contributed by atoms with E-state index in [1.54, 1.807) is 7.11 Å². The number of rotatable bonds is 5. The zero-order valence-electron chi connectivity index (χ0n) is 15.8. The van der Waals surface area contributed by atoms with Gasteiger partial charge in [-0.05, 0) is 36.4 Å². The number of amides is 1. The normalized spacial score (nSPS) is 15.1. The molecular weight excluding hydrogens is 382 g/mol. The third-order valence-electron chi connectivity index (χ3n) is 4.59. The summed E-state index contributed by atoms with van der Waals surface area (Å²) in [5.41, 5.74) is 1.42. The largest absolute Gasteiger partial charge is 0.495 e. The van der Waals surface area contributed by atoms with Crippen LogP contribution in [0.25, 0.3) is 0 Å². The summed E-state index contributed by atoms with van der Waals surface area (Å²) in [6.07, 6.45) is -0.608. The van der Waals surface area contributed by atoms with Crippen molar-refractivity contribution in [3.63, 3.8) is 0 Å². The number of ether oxygens (including phenoxy) is 2. The van der Waals surface area contributed by atoms with Crippen LogP contribution < -0.4 is 15.0 Å². The molecule has 1 aliphatic rings. The van der Waals surface area contributed by atoms with E-state index in [1.165, 1.54) is 35.7 Å². The van der Waals surface area contributed by atoms with Crippen LogP contribution in [0, 0.1) is 0 Å². The van der Waals surface area contributed by atoms with Crippen LogP contribution in [0.1, 0.15) is 0 Å². The molecule has 0 saturated carbocycles. The second-order valence-electron chi connectivity index (χ2n) is 6.20. The first-order chi connectivity index (χ1) is 13.5. The van der Waals surface area contributed by atoms with Gasteiger partial charge >= 0.3 is 6.09 Å². The number of sulfonamides is 1. The Kier molecular flexibility index (Phi) is 6.05.